The first-order chi connectivity index (χ1) is 29.8. The van der Waals surface area contributed by atoms with Crippen molar-refractivity contribution in [3.63, 3.8) is 0 Å². The van der Waals surface area contributed by atoms with Crippen LogP contribution in [0.1, 0.15) is 61.0 Å². The van der Waals surface area contributed by atoms with Crippen LogP contribution in [0, 0.1) is 0 Å². The third-order valence-corrected chi connectivity index (χ3v) is 9.59. The van der Waals surface area contributed by atoms with E-state index in [4.69, 9.17) is 22.9 Å². The number of hydrogen-bond acceptors (Lipinski definition) is 14. The molecule has 20 nitrogen and oxygen atoms in total. The minimum atomic E-state index is -1.39. The van der Waals surface area contributed by atoms with Crippen molar-refractivity contribution < 1.29 is 56.0 Å². The summed E-state index contributed by atoms with van der Waals surface area (Å²) < 4.78 is 0. The van der Waals surface area contributed by atoms with Crippen LogP contribution < -0.4 is 54.4 Å². The molecule has 0 fully saturated rings. The number of H-pyrrole nitrogens is 2. The Balaban J connectivity index is 0.000000427. The molecule has 1 radical (unpaired) electrons. The Morgan fingerprint density at radius 3 is 1.17 bits per heavy atom. The smallest absolute Gasteiger partial charge is 0.548 e. The number of aromatic nitrogens is 4. The first-order valence-electron chi connectivity index (χ1n) is 20.4. The average Bonchev–Trinajstić information content (AvgIpc) is 3.98. The van der Waals surface area contributed by atoms with Gasteiger partial charge in [0.2, 0.25) is 23.6 Å². The van der Waals surface area contributed by atoms with Gasteiger partial charge in [0.05, 0.1) is 48.8 Å². The quantitative estimate of drug-likeness (QED) is 0.0219. The molecule has 0 aliphatic heterocycles. The van der Waals surface area contributed by atoms with Crippen LogP contribution in [0.2, 0.25) is 0 Å². The van der Waals surface area contributed by atoms with Crippen molar-refractivity contribution in [3.05, 3.63) is 108 Å². The zero-order chi connectivity index (χ0) is 45.3. The summed E-state index contributed by atoms with van der Waals surface area (Å²) in [4.78, 5) is 87.3. The number of carbonyl (C=O) groups excluding carboxylic acids is 6. The Morgan fingerprint density at radius 1 is 0.524 bits per heavy atom. The molecule has 6 atom stereocenters. The average molecular weight is 923 g/mol. The van der Waals surface area contributed by atoms with E-state index >= 15 is 0 Å². The molecule has 21 heteroatoms. The number of imidazole rings is 2. The number of unbranched alkanes of at least 4 members (excludes halogenated alkanes) is 2. The molecule has 4 aromatic rings. The van der Waals surface area contributed by atoms with Crippen LogP contribution in [0.5, 0.6) is 0 Å². The third kappa shape index (κ3) is 20.2. The summed E-state index contributed by atoms with van der Waals surface area (Å²) in [5.41, 5.74) is 25.9. The number of aromatic amines is 2. The Hall–Kier alpha value is -5.96. The maximum atomic E-state index is 12.8. The van der Waals surface area contributed by atoms with Crippen molar-refractivity contribution in [1.29, 1.82) is 0 Å². The van der Waals surface area contributed by atoms with Gasteiger partial charge < -0.3 is 74.0 Å². The second-order valence-electron chi connectivity index (χ2n) is 14.6. The van der Waals surface area contributed by atoms with Gasteiger partial charge in [-0.1, -0.05) is 60.7 Å². The predicted molar refractivity (Wildman–Crippen MR) is 224 cm³/mol. The van der Waals surface area contributed by atoms with Crippen LogP contribution in [0.3, 0.4) is 0 Å². The Labute approximate surface area is 376 Å². The number of aliphatic carboxylic acids is 2. The zero-order valence-electron chi connectivity index (χ0n) is 34.8. The normalized spacial score (nSPS) is 13.5. The maximum Gasteiger partial charge on any atom is 2.00 e. The summed E-state index contributed by atoms with van der Waals surface area (Å²) in [5, 5.41) is 33.0. The molecule has 4 rings (SSSR count). The van der Waals surface area contributed by atoms with E-state index < -0.39 is 71.8 Å². The molecule has 4 amide bonds. The minimum Gasteiger partial charge on any atom is -0.548 e. The first kappa shape index (κ1) is 53.2. The molecule has 345 valence electrons. The first-order valence-corrected chi connectivity index (χ1v) is 20.4. The molecule has 63 heavy (non-hydrogen) atoms. The van der Waals surface area contributed by atoms with E-state index in [2.05, 4.69) is 41.2 Å². The third-order valence-electron chi connectivity index (χ3n) is 9.59. The molecule has 0 saturated carbocycles. The maximum absolute atomic E-state index is 12.8. The van der Waals surface area contributed by atoms with Crippen molar-refractivity contribution in [2.75, 3.05) is 13.1 Å². The van der Waals surface area contributed by atoms with Crippen molar-refractivity contribution in [2.45, 2.75) is 100 Å². The van der Waals surface area contributed by atoms with Crippen molar-refractivity contribution >= 4 is 35.6 Å². The van der Waals surface area contributed by atoms with Gasteiger partial charge in [0.25, 0.3) is 0 Å². The van der Waals surface area contributed by atoms with E-state index in [0.29, 0.717) is 63.0 Å². The number of rotatable bonds is 26. The fraction of sp³-hybridized carbons (Fsp3) is 0.429. The van der Waals surface area contributed by atoms with Crippen LogP contribution in [-0.4, -0.2) is 105 Å². The van der Waals surface area contributed by atoms with Gasteiger partial charge in [0.15, 0.2) is 0 Å². The van der Waals surface area contributed by atoms with Crippen molar-refractivity contribution in [2.24, 2.45) is 22.9 Å². The molecule has 2 heterocycles. The van der Waals surface area contributed by atoms with E-state index in [9.17, 15) is 39.0 Å². The molecular formula is C42H58CuN12O8. The Bertz CT molecular complexity index is 1800. The number of carbonyl (C=O) groups is 6. The van der Waals surface area contributed by atoms with Crippen LogP contribution in [0.25, 0.3) is 0 Å². The van der Waals surface area contributed by atoms with E-state index in [1.54, 1.807) is 0 Å². The molecule has 0 aliphatic rings. The summed E-state index contributed by atoms with van der Waals surface area (Å²) in [6.07, 6.45) is 9.39. The summed E-state index contributed by atoms with van der Waals surface area (Å²) in [6.45, 7) is 0.844. The van der Waals surface area contributed by atoms with Crippen LogP contribution >= 0.6 is 0 Å². The standard InChI is InChI=1S/2C21H30N6O4.Cu/c2*22-9-5-4-8-17(21(30)31)26-20(29)18(11-15-12-24-13-25-15)27-19(28)16(23)10-14-6-2-1-3-7-14;/h2*1-3,6-7,12-13,16-18H,4-5,8-11,22-23H2,(H,24,25)(H,26,29)(H,27,28)(H,30,31);/q;;+2/p-2/t2*16-,17-,18-;/m00./s1. The van der Waals surface area contributed by atoms with Gasteiger partial charge in [0.1, 0.15) is 12.1 Å². The molecule has 2 aromatic heterocycles. The van der Waals surface area contributed by atoms with Crippen LogP contribution in [-0.2, 0) is 71.5 Å². The van der Waals surface area contributed by atoms with Crippen LogP contribution in [0.15, 0.2) is 85.7 Å². The van der Waals surface area contributed by atoms with E-state index in [-0.39, 0.29) is 42.8 Å². The van der Waals surface area contributed by atoms with E-state index in [1.165, 1.54) is 25.0 Å². The zero-order valence-corrected chi connectivity index (χ0v) is 35.7. The van der Waals surface area contributed by atoms with Crippen LogP contribution in [0.4, 0.5) is 0 Å². The fourth-order valence-electron chi connectivity index (χ4n) is 6.16. The van der Waals surface area contributed by atoms with Gasteiger partial charge >= 0.3 is 17.1 Å². The van der Waals surface area contributed by atoms with Gasteiger partial charge in [-0.15, -0.1) is 0 Å². The SMILES string of the molecule is NCCCC[C@H](NC(=O)[C@H](Cc1cnc[nH]1)NC(=O)[C@@H](N)Cc1ccccc1)C(=O)[O-].NCCCC[C@H](NC(=O)[C@H](Cc1cnc[nH]1)NC(=O)[C@@H](N)Cc1ccccc1)C(=O)[O-].[Cu+2]. The number of carboxylic acids is 2. The number of nitrogens with zero attached hydrogens (tertiary/aromatic N) is 2. The summed E-state index contributed by atoms with van der Waals surface area (Å²) >= 11 is 0. The molecule has 0 aliphatic carbocycles. The van der Waals surface area contributed by atoms with Gasteiger partial charge in [-0.3, -0.25) is 19.2 Å². The molecular weight excluding hydrogens is 864 g/mol. The van der Waals surface area contributed by atoms with Gasteiger partial charge in [-0.25, -0.2) is 9.97 Å². The number of carboxylic acid groups (broad SMARTS) is 2. The van der Waals surface area contributed by atoms with E-state index in [0.717, 1.165) is 11.1 Å². The summed E-state index contributed by atoms with van der Waals surface area (Å²) in [5.74, 6) is -5.10. The number of nitrogens with one attached hydrogen (secondary N) is 6. The molecule has 0 unspecified atom stereocenters. The minimum absolute atomic E-state index is 0. The topological polar surface area (TPSA) is 358 Å². The van der Waals surface area contributed by atoms with Gasteiger partial charge in [-0.2, -0.15) is 0 Å². The number of hydrogen-bond donors (Lipinski definition) is 10. The molecule has 14 N–H and O–H groups in total. The number of nitrogens with two attached hydrogens (primary N) is 4. The molecule has 2 aromatic carbocycles. The number of benzene rings is 2. The predicted octanol–water partition coefficient (Wildman–Crippen LogP) is -3.26. The van der Waals surface area contributed by atoms with Gasteiger partial charge in [0, 0.05) is 36.6 Å². The summed E-state index contributed by atoms with van der Waals surface area (Å²) in [6, 6.07) is 12.3. The Morgan fingerprint density at radius 2 is 0.873 bits per heavy atom. The second-order valence-corrected chi connectivity index (χ2v) is 14.6. The van der Waals surface area contributed by atoms with Crippen molar-refractivity contribution in [3.8, 4) is 0 Å². The van der Waals surface area contributed by atoms with Crippen molar-refractivity contribution in [1.82, 2.24) is 41.2 Å². The summed E-state index contributed by atoms with van der Waals surface area (Å²) in [7, 11) is 0. The Kier molecular flexibility index (Phi) is 24.8. The number of amides is 4. The second kappa shape index (κ2) is 29.4. The largest absolute Gasteiger partial charge is 2.00 e. The molecule has 0 spiro atoms. The molecule has 0 saturated heterocycles. The monoisotopic (exact) mass is 921 g/mol. The van der Waals surface area contributed by atoms with E-state index in [1.807, 2.05) is 60.7 Å². The van der Waals surface area contributed by atoms with Gasteiger partial charge in [-0.05, 0) is 75.6 Å². The molecule has 0 bridgehead atoms. The fourth-order valence-corrected chi connectivity index (χ4v) is 6.16.